The lowest BCUT2D eigenvalue weighted by molar-refractivity contribution is -0.116. The Balaban J connectivity index is 1.27. The van der Waals surface area contributed by atoms with Crippen LogP contribution in [0.25, 0.3) is 17.3 Å². The van der Waals surface area contributed by atoms with Crippen LogP contribution in [0, 0.1) is 0 Å². The van der Waals surface area contributed by atoms with Gasteiger partial charge in [-0.1, -0.05) is 54.9 Å². The molecule has 3 N–H and O–H groups in total. The van der Waals surface area contributed by atoms with E-state index in [1.807, 2.05) is 36.6 Å². The summed E-state index contributed by atoms with van der Waals surface area (Å²) in [6, 6.07) is 28.3. The Morgan fingerprint density at radius 2 is 1.67 bits per heavy atom. The van der Waals surface area contributed by atoms with Crippen molar-refractivity contribution in [1.29, 1.82) is 0 Å². The van der Waals surface area contributed by atoms with Crippen LogP contribution in [-0.2, 0) is 9.59 Å². The van der Waals surface area contributed by atoms with Gasteiger partial charge in [0.05, 0.1) is 25.2 Å². The highest BCUT2D eigenvalue weighted by Crippen LogP contribution is 2.34. The van der Waals surface area contributed by atoms with Crippen molar-refractivity contribution >= 4 is 69.3 Å². The van der Waals surface area contributed by atoms with E-state index in [0.29, 0.717) is 50.6 Å². The van der Waals surface area contributed by atoms with Gasteiger partial charge in [-0.15, -0.1) is 23.1 Å². The standard InChI is InChI=1S/C37H33ClN4O5S2/c1-4-33(36(45)42-37-41-30(22-48-37)25-16-17-31(46-2)32(20-25)47-3)49-28-15-9-14-27(21-28)39-35(44)29(19-23-10-8-13-26(38)18-23)40-34(43)24-11-6-5-7-12-24/h5-22,33H,4H2,1-3H3,(H,39,44)(H,40,43)(H,41,42,45)/b29-19-. The Labute approximate surface area is 297 Å². The van der Waals surface area contributed by atoms with Crippen molar-refractivity contribution in [2.75, 3.05) is 24.9 Å². The van der Waals surface area contributed by atoms with Crippen molar-refractivity contribution in [3.05, 3.63) is 124 Å². The van der Waals surface area contributed by atoms with Gasteiger partial charge in [-0.05, 0) is 78.7 Å². The van der Waals surface area contributed by atoms with Crippen molar-refractivity contribution in [1.82, 2.24) is 10.3 Å². The number of carbonyl (C=O) groups is 3. The number of thioether (sulfide) groups is 1. The van der Waals surface area contributed by atoms with E-state index in [4.69, 9.17) is 21.1 Å². The highest BCUT2D eigenvalue weighted by atomic mass is 35.5. The SMILES string of the molecule is CCC(Sc1cccc(NC(=O)/C(=C/c2cccc(Cl)c2)NC(=O)c2ccccc2)c1)C(=O)Nc1nc(-c2ccc(OC)c(OC)c2)cs1. The molecule has 0 spiro atoms. The van der Waals surface area contributed by atoms with E-state index in [1.165, 1.54) is 23.1 Å². The van der Waals surface area contributed by atoms with E-state index < -0.39 is 17.1 Å². The monoisotopic (exact) mass is 712 g/mol. The van der Waals surface area contributed by atoms with E-state index >= 15 is 0 Å². The molecule has 1 heterocycles. The molecular formula is C37H33ClN4O5S2. The number of hydrogen-bond acceptors (Lipinski definition) is 8. The summed E-state index contributed by atoms with van der Waals surface area (Å²) >= 11 is 8.87. The Hall–Kier alpha value is -5.10. The van der Waals surface area contributed by atoms with Crippen LogP contribution >= 0.6 is 34.7 Å². The molecule has 0 bridgehead atoms. The molecule has 3 amide bonds. The van der Waals surface area contributed by atoms with Gasteiger partial charge in [0.2, 0.25) is 5.91 Å². The second-order valence-electron chi connectivity index (χ2n) is 10.5. The highest BCUT2D eigenvalue weighted by molar-refractivity contribution is 8.00. The number of amides is 3. The van der Waals surface area contributed by atoms with Gasteiger partial charge in [-0.2, -0.15) is 0 Å². The number of ether oxygens (including phenoxy) is 2. The summed E-state index contributed by atoms with van der Waals surface area (Å²) in [5.41, 5.74) is 3.12. The molecule has 1 aromatic heterocycles. The molecule has 0 aliphatic heterocycles. The molecule has 1 unspecified atom stereocenters. The topological polar surface area (TPSA) is 119 Å². The van der Waals surface area contributed by atoms with Crippen molar-refractivity contribution in [3.63, 3.8) is 0 Å². The van der Waals surface area contributed by atoms with Crippen LogP contribution < -0.4 is 25.4 Å². The molecule has 0 fully saturated rings. The number of halogens is 1. The summed E-state index contributed by atoms with van der Waals surface area (Å²) in [6.45, 7) is 1.93. The summed E-state index contributed by atoms with van der Waals surface area (Å²) in [7, 11) is 3.15. The number of nitrogens with one attached hydrogen (secondary N) is 3. The minimum absolute atomic E-state index is 0.0379. The first-order valence-corrected chi connectivity index (χ1v) is 17.3. The lowest BCUT2D eigenvalue weighted by Crippen LogP contribution is -2.30. The molecule has 1 atom stereocenters. The summed E-state index contributed by atoms with van der Waals surface area (Å²) in [6.07, 6.45) is 2.12. The average Bonchev–Trinajstić information content (AvgIpc) is 3.58. The predicted molar refractivity (Wildman–Crippen MR) is 198 cm³/mol. The van der Waals surface area contributed by atoms with Crippen LogP contribution in [0.2, 0.25) is 5.02 Å². The molecule has 5 aromatic rings. The maximum absolute atomic E-state index is 13.5. The Bertz CT molecular complexity index is 1980. The zero-order valence-electron chi connectivity index (χ0n) is 26.9. The van der Waals surface area contributed by atoms with Crippen molar-refractivity contribution < 1.29 is 23.9 Å². The molecule has 0 radical (unpaired) electrons. The number of hydrogen-bond donors (Lipinski definition) is 3. The van der Waals surface area contributed by atoms with E-state index in [0.717, 1.165) is 10.5 Å². The summed E-state index contributed by atoms with van der Waals surface area (Å²) < 4.78 is 10.7. The third kappa shape index (κ3) is 9.50. The van der Waals surface area contributed by atoms with E-state index in [1.54, 1.807) is 93.1 Å². The molecule has 0 aliphatic rings. The van der Waals surface area contributed by atoms with Gasteiger partial charge in [-0.3, -0.25) is 14.4 Å². The number of methoxy groups -OCH3 is 2. The lowest BCUT2D eigenvalue weighted by atomic mass is 10.1. The lowest BCUT2D eigenvalue weighted by Gasteiger charge is -2.15. The number of aromatic nitrogens is 1. The van der Waals surface area contributed by atoms with Gasteiger partial charge in [0, 0.05) is 32.1 Å². The quantitative estimate of drug-likeness (QED) is 0.0829. The normalized spacial score (nSPS) is 11.7. The number of carbonyl (C=O) groups excluding carboxylic acids is 3. The van der Waals surface area contributed by atoms with Crippen LogP contribution in [0.4, 0.5) is 10.8 Å². The first-order chi connectivity index (χ1) is 23.8. The van der Waals surface area contributed by atoms with Crippen LogP contribution in [0.5, 0.6) is 11.5 Å². The Morgan fingerprint density at radius 3 is 2.41 bits per heavy atom. The van der Waals surface area contributed by atoms with Crippen LogP contribution in [0.3, 0.4) is 0 Å². The van der Waals surface area contributed by atoms with Gasteiger partial charge < -0.3 is 25.4 Å². The second-order valence-corrected chi connectivity index (χ2v) is 13.1. The van der Waals surface area contributed by atoms with Gasteiger partial charge in [0.1, 0.15) is 5.70 Å². The smallest absolute Gasteiger partial charge is 0.272 e. The van der Waals surface area contributed by atoms with Crippen molar-refractivity contribution in [2.45, 2.75) is 23.5 Å². The van der Waals surface area contributed by atoms with Crippen molar-refractivity contribution in [3.8, 4) is 22.8 Å². The molecule has 0 aliphatic carbocycles. The maximum atomic E-state index is 13.5. The molecule has 12 heteroatoms. The van der Waals surface area contributed by atoms with E-state index in [2.05, 4.69) is 20.9 Å². The van der Waals surface area contributed by atoms with Crippen molar-refractivity contribution in [2.24, 2.45) is 0 Å². The molecule has 250 valence electrons. The van der Waals surface area contributed by atoms with Crippen LogP contribution in [0.15, 0.2) is 113 Å². The summed E-state index contributed by atoms with van der Waals surface area (Å²) in [4.78, 5) is 45.2. The van der Waals surface area contributed by atoms with Crippen LogP contribution in [0.1, 0.15) is 29.3 Å². The fourth-order valence-corrected chi connectivity index (χ4v) is 6.62. The molecule has 9 nitrogen and oxygen atoms in total. The highest BCUT2D eigenvalue weighted by Gasteiger charge is 2.21. The molecule has 49 heavy (non-hydrogen) atoms. The van der Waals surface area contributed by atoms with Gasteiger partial charge in [0.15, 0.2) is 16.6 Å². The van der Waals surface area contributed by atoms with Crippen LogP contribution in [-0.4, -0.2) is 42.2 Å². The fraction of sp³-hybridized carbons (Fsp3) is 0.135. The minimum atomic E-state index is -0.523. The molecular weight excluding hydrogens is 680 g/mol. The third-order valence-corrected chi connectivity index (χ3v) is 9.49. The number of benzene rings is 4. The van der Waals surface area contributed by atoms with Gasteiger partial charge >= 0.3 is 0 Å². The molecule has 0 saturated carbocycles. The minimum Gasteiger partial charge on any atom is -0.493 e. The fourth-order valence-electron chi connectivity index (χ4n) is 4.68. The predicted octanol–water partition coefficient (Wildman–Crippen LogP) is 8.40. The number of thiazole rings is 1. The largest absolute Gasteiger partial charge is 0.493 e. The second kappa shape index (κ2) is 16.8. The maximum Gasteiger partial charge on any atom is 0.272 e. The molecule has 0 saturated heterocycles. The summed E-state index contributed by atoms with van der Waals surface area (Å²) in [5, 5.41) is 11.0. The van der Waals surface area contributed by atoms with E-state index in [-0.39, 0.29) is 11.6 Å². The first kappa shape index (κ1) is 35.2. The Morgan fingerprint density at radius 1 is 0.898 bits per heavy atom. The summed E-state index contributed by atoms with van der Waals surface area (Å²) in [5.74, 6) is 0.0625. The number of rotatable bonds is 13. The van der Waals surface area contributed by atoms with Gasteiger partial charge in [-0.25, -0.2) is 4.98 Å². The number of anilines is 2. The zero-order valence-corrected chi connectivity index (χ0v) is 29.2. The zero-order chi connectivity index (χ0) is 34.8. The third-order valence-electron chi connectivity index (χ3n) is 7.14. The average molecular weight is 713 g/mol. The van der Waals surface area contributed by atoms with Gasteiger partial charge in [0.25, 0.3) is 11.8 Å². The van der Waals surface area contributed by atoms with E-state index in [9.17, 15) is 14.4 Å². The first-order valence-electron chi connectivity index (χ1n) is 15.2. The molecule has 4 aromatic carbocycles. The number of nitrogens with zero attached hydrogens (tertiary/aromatic N) is 1. The Kier molecular flexibility index (Phi) is 12.1. The molecule has 5 rings (SSSR count).